The summed E-state index contributed by atoms with van der Waals surface area (Å²) in [7, 11) is 0. The van der Waals surface area contributed by atoms with E-state index in [0.717, 1.165) is 48.3 Å². The average molecular weight is 363 g/mol. The van der Waals surface area contributed by atoms with Crippen molar-refractivity contribution in [3.05, 3.63) is 65.0 Å². The molecule has 0 spiro atoms. The molecule has 1 saturated heterocycles. The van der Waals surface area contributed by atoms with E-state index in [-0.39, 0.29) is 0 Å². The van der Waals surface area contributed by atoms with Gasteiger partial charge in [0.05, 0.1) is 18.9 Å². The second-order valence-electron chi connectivity index (χ2n) is 6.33. The van der Waals surface area contributed by atoms with Gasteiger partial charge in [0, 0.05) is 35.9 Å². The Hall–Kier alpha value is -2.50. The van der Waals surface area contributed by atoms with Crippen LogP contribution in [0.3, 0.4) is 0 Å². The van der Waals surface area contributed by atoms with Crippen molar-refractivity contribution < 1.29 is 4.74 Å². The van der Waals surface area contributed by atoms with Crippen LogP contribution in [0.1, 0.15) is 11.1 Å². The summed E-state index contributed by atoms with van der Waals surface area (Å²) >= 11 is 1.56. The van der Waals surface area contributed by atoms with Gasteiger partial charge in [0.1, 0.15) is 0 Å². The van der Waals surface area contributed by atoms with Gasteiger partial charge in [-0.05, 0) is 24.6 Å². The zero-order chi connectivity index (χ0) is 17.8. The fourth-order valence-corrected chi connectivity index (χ4v) is 3.57. The Balaban J connectivity index is 1.46. The summed E-state index contributed by atoms with van der Waals surface area (Å²) in [6.45, 7) is 5.59. The van der Waals surface area contributed by atoms with Crippen LogP contribution in [-0.2, 0) is 4.74 Å². The van der Waals surface area contributed by atoms with E-state index in [1.165, 1.54) is 11.3 Å². The first-order valence-electron chi connectivity index (χ1n) is 8.77. The smallest absolute Gasteiger partial charge is 0.209 e. The minimum absolute atomic E-state index is 0.776. The molecule has 0 unspecified atom stereocenters. The molecule has 1 fully saturated rings. The van der Waals surface area contributed by atoms with Crippen LogP contribution in [0.5, 0.6) is 0 Å². The first kappa shape index (κ1) is 16.9. The van der Waals surface area contributed by atoms with Crippen molar-refractivity contribution in [2.75, 3.05) is 31.2 Å². The number of aliphatic imine (C=N–C) groups is 1. The number of rotatable bonds is 4. The minimum Gasteiger partial charge on any atom is -0.378 e. The van der Waals surface area contributed by atoms with Gasteiger partial charge in [0.25, 0.3) is 0 Å². The highest BCUT2D eigenvalue weighted by atomic mass is 32.1. The monoisotopic (exact) mass is 363 g/mol. The lowest BCUT2D eigenvalue weighted by Crippen LogP contribution is -2.36. The maximum Gasteiger partial charge on any atom is 0.209 e. The molecular weight excluding hydrogens is 342 g/mol. The number of hydrogen-bond donors (Lipinski definition) is 0. The largest absolute Gasteiger partial charge is 0.378 e. The Bertz CT molecular complexity index is 878. The molecule has 0 N–H and O–H groups in total. The minimum atomic E-state index is 0.776. The fourth-order valence-electron chi connectivity index (χ4n) is 2.90. The van der Waals surface area contributed by atoms with E-state index in [0.29, 0.717) is 0 Å². The number of thiazole rings is 1. The van der Waals surface area contributed by atoms with Gasteiger partial charge in [-0.25, -0.2) is 9.98 Å². The Morgan fingerprint density at radius 3 is 2.50 bits per heavy atom. The topological polar surface area (TPSA) is 37.7 Å². The molecule has 0 amide bonds. The molecule has 0 aliphatic carbocycles. The van der Waals surface area contributed by atoms with E-state index in [2.05, 4.69) is 75.7 Å². The summed E-state index contributed by atoms with van der Waals surface area (Å²) in [5.74, 6) is 0. The normalized spacial score (nSPS) is 14.9. The Morgan fingerprint density at radius 1 is 1.04 bits per heavy atom. The maximum atomic E-state index is 5.41. The molecule has 0 atom stereocenters. The van der Waals surface area contributed by atoms with Gasteiger partial charge in [-0.1, -0.05) is 42.0 Å². The third kappa shape index (κ3) is 4.00. The van der Waals surface area contributed by atoms with Crippen LogP contribution in [0, 0.1) is 6.92 Å². The fraction of sp³-hybridized carbons (Fsp3) is 0.238. The predicted molar refractivity (Wildman–Crippen MR) is 109 cm³/mol. The molecule has 4 nitrogen and oxygen atoms in total. The number of morpholine rings is 1. The van der Waals surface area contributed by atoms with E-state index >= 15 is 0 Å². The zero-order valence-corrected chi connectivity index (χ0v) is 15.6. The van der Waals surface area contributed by atoms with Crippen molar-refractivity contribution in [1.82, 2.24) is 4.98 Å². The second kappa shape index (κ2) is 7.81. The van der Waals surface area contributed by atoms with Crippen LogP contribution in [0.25, 0.3) is 11.3 Å². The molecule has 2 heterocycles. The molecule has 2 aromatic carbocycles. The lowest BCUT2D eigenvalue weighted by Gasteiger charge is -2.28. The van der Waals surface area contributed by atoms with E-state index in [1.54, 1.807) is 11.3 Å². The van der Waals surface area contributed by atoms with Crippen LogP contribution in [0.4, 0.5) is 10.8 Å². The third-order valence-electron chi connectivity index (χ3n) is 4.43. The SMILES string of the molecule is Cc1ccc(/C=N\c2nc(-c3ccc(N4CCOCC4)cc3)cs2)cc1. The molecule has 0 radical (unpaired) electrons. The molecular formula is C21H21N3OS. The maximum absolute atomic E-state index is 5.41. The van der Waals surface area contributed by atoms with Crippen molar-refractivity contribution in [3.63, 3.8) is 0 Å². The van der Waals surface area contributed by atoms with Crippen LogP contribution in [-0.4, -0.2) is 37.5 Å². The molecule has 5 heteroatoms. The number of aryl methyl sites for hydroxylation is 1. The molecule has 132 valence electrons. The highest BCUT2D eigenvalue weighted by Gasteiger charge is 2.11. The third-order valence-corrected chi connectivity index (χ3v) is 5.18. The number of benzene rings is 2. The Morgan fingerprint density at radius 2 is 1.77 bits per heavy atom. The molecule has 4 rings (SSSR count). The van der Waals surface area contributed by atoms with Crippen LogP contribution < -0.4 is 4.90 Å². The van der Waals surface area contributed by atoms with Crippen LogP contribution in [0.2, 0.25) is 0 Å². The highest BCUT2D eigenvalue weighted by molar-refractivity contribution is 7.13. The molecule has 0 bridgehead atoms. The van der Waals surface area contributed by atoms with Crippen molar-refractivity contribution in [1.29, 1.82) is 0 Å². The molecule has 1 aliphatic rings. The van der Waals surface area contributed by atoms with E-state index < -0.39 is 0 Å². The summed E-state index contributed by atoms with van der Waals surface area (Å²) in [6, 6.07) is 16.9. The lowest BCUT2D eigenvalue weighted by molar-refractivity contribution is 0.122. The molecule has 3 aromatic rings. The van der Waals surface area contributed by atoms with Gasteiger partial charge in [-0.15, -0.1) is 11.3 Å². The number of aromatic nitrogens is 1. The summed E-state index contributed by atoms with van der Waals surface area (Å²) in [5.41, 5.74) is 5.67. The quantitative estimate of drug-likeness (QED) is 0.630. The van der Waals surface area contributed by atoms with Crippen molar-refractivity contribution >= 4 is 28.4 Å². The predicted octanol–water partition coefficient (Wildman–Crippen LogP) is 4.71. The zero-order valence-electron chi connectivity index (χ0n) is 14.8. The number of nitrogens with zero attached hydrogens (tertiary/aromatic N) is 3. The van der Waals surface area contributed by atoms with E-state index in [4.69, 9.17) is 4.74 Å². The summed E-state index contributed by atoms with van der Waals surface area (Å²) in [6.07, 6.45) is 1.86. The number of ether oxygens (including phenoxy) is 1. The average Bonchev–Trinajstić information content (AvgIpc) is 3.17. The summed E-state index contributed by atoms with van der Waals surface area (Å²) in [4.78, 5) is 11.5. The van der Waals surface area contributed by atoms with E-state index in [9.17, 15) is 0 Å². The van der Waals surface area contributed by atoms with Gasteiger partial charge >= 0.3 is 0 Å². The van der Waals surface area contributed by atoms with Gasteiger partial charge in [-0.2, -0.15) is 0 Å². The van der Waals surface area contributed by atoms with Crippen molar-refractivity contribution in [3.8, 4) is 11.3 Å². The second-order valence-corrected chi connectivity index (χ2v) is 7.17. The highest BCUT2D eigenvalue weighted by Crippen LogP contribution is 2.28. The summed E-state index contributed by atoms with van der Waals surface area (Å²) < 4.78 is 5.41. The first-order valence-corrected chi connectivity index (χ1v) is 9.65. The summed E-state index contributed by atoms with van der Waals surface area (Å²) in [5, 5.41) is 2.84. The molecule has 1 aliphatic heterocycles. The van der Waals surface area contributed by atoms with Crippen LogP contribution >= 0.6 is 11.3 Å². The lowest BCUT2D eigenvalue weighted by atomic mass is 10.1. The Labute approximate surface area is 157 Å². The van der Waals surface area contributed by atoms with Gasteiger partial charge in [0.2, 0.25) is 5.13 Å². The molecule has 1 aromatic heterocycles. The first-order chi connectivity index (χ1) is 12.8. The van der Waals surface area contributed by atoms with Crippen molar-refractivity contribution in [2.24, 2.45) is 4.99 Å². The van der Waals surface area contributed by atoms with Crippen molar-refractivity contribution in [2.45, 2.75) is 6.92 Å². The standard InChI is InChI=1S/C21H21N3OS/c1-16-2-4-17(5-3-16)14-22-21-23-20(15-26-21)18-6-8-19(9-7-18)24-10-12-25-13-11-24/h2-9,14-15H,10-13H2,1H3/b22-14-. The van der Waals surface area contributed by atoms with Gasteiger partial charge < -0.3 is 9.64 Å². The van der Waals surface area contributed by atoms with Gasteiger partial charge in [-0.3, -0.25) is 0 Å². The molecule has 26 heavy (non-hydrogen) atoms. The number of hydrogen-bond acceptors (Lipinski definition) is 5. The number of anilines is 1. The van der Waals surface area contributed by atoms with Crippen LogP contribution in [0.15, 0.2) is 58.9 Å². The van der Waals surface area contributed by atoms with Gasteiger partial charge in [0.15, 0.2) is 0 Å². The molecule has 0 saturated carbocycles. The Kier molecular flexibility index (Phi) is 5.09. The van der Waals surface area contributed by atoms with E-state index in [1.807, 2.05) is 6.21 Å².